The summed E-state index contributed by atoms with van der Waals surface area (Å²) in [6, 6.07) is 45.8. The van der Waals surface area contributed by atoms with Gasteiger partial charge in [0.1, 0.15) is 21.8 Å². The monoisotopic (exact) mass is 558 g/mol. The van der Waals surface area contributed by atoms with Crippen molar-refractivity contribution in [2.75, 3.05) is 4.90 Å². The largest absolute Gasteiger partial charge is 0.456 e. The third kappa shape index (κ3) is 3.51. The van der Waals surface area contributed by atoms with Crippen LogP contribution in [-0.4, -0.2) is 4.98 Å². The van der Waals surface area contributed by atoms with Crippen molar-refractivity contribution in [2.24, 2.45) is 0 Å². The second kappa shape index (κ2) is 9.06. The molecule has 0 amide bonds. The van der Waals surface area contributed by atoms with Gasteiger partial charge in [0, 0.05) is 38.9 Å². The van der Waals surface area contributed by atoms with Crippen LogP contribution in [0.3, 0.4) is 0 Å². The number of fused-ring (bicyclic) bond motifs is 8. The second-order valence-electron chi connectivity index (χ2n) is 10.4. The second-order valence-corrected chi connectivity index (χ2v) is 11.4. The molecule has 9 aromatic rings. The molecule has 0 saturated heterocycles. The SMILES string of the molecule is c1ccc(-c2nc3cc(N(c4ccccc4)c4ccc5c(c4)oc4ccccc45)c4oc5ccccc5c4c3s2)cc1. The van der Waals surface area contributed by atoms with Crippen molar-refractivity contribution in [3.8, 4) is 10.6 Å². The fourth-order valence-electron chi connectivity index (χ4n) is 5.98. The van der Waals surface area contributed by atoms with Gasteiger partial charge >= 0.3 is 0 Å². The van der Waals surface area contributed by atoms with Crippen molar-refractivity contribution in [3.05, 3.63) is 133 Å². The van der Waals surface area contributed by atoms with E-state index in [0.717, 1.165) is 81.7 Å². The van der Waals surface area contributed by atoms with Gasteiger partial charge in [-0.1, -0.05) is 84.9 Å². The molecular formula is C37H22N2O2S. The van der Waals surface area contributed by atoms with Gasteiger partial charge in [0.15, 0.2) is 5.58 Å². The highest BCUT2D eigenvalue weighted by atomic mass is 32.1. The molecule has 0 aliphatic carbocycles. The summed E-state index contributed by atoms with van der Waals surface area (Å²) in [4.78, 5) is 7.41. The van der Waals surface area contributed by atoms with E-state index in [0.29, 0.717) is 0 Å². The van der Waals surface area contributed by atoms with Gasteiger partial charge in [-0.05, 0) is 42.5 Å². The number of anilines is 3. The van der Waals surface area contributed by atoms with Gasteiger partial charge in [-0.15, -0.1) is 11.3 Å². The Labute approximate surface area is 244 Å². The minimum atomic E-state index is 0.834. The minimum Gasteiger partial charge on any atom is -0.456 e. The normalized spacial score (nSPS) is 11.8. The summed E-state index contributed by atoms with van der Waals surface area (Å²) in [5.74, 6) is 0. The van der Waals surface area contributed by atoms with Gasteiger partial charge in [0.25, 0.3) is 0 Å². The Morgan fingerprint density at radius 2 is 1.21 bits per heavy atom. The number of rotatable bonds is 4. The molecule has 4 nitrogen and oxygen atoms in total. The van der Waals surface area contributed by atoms with Crippen LogP contribution >= 0.6 is 11.3 Å². The zero-order valence-corrected chi connectivity index (χ0v) is 23.1. The molecule has 0 N–H and O–H groups in total. The Hall–Kier alpha value is -5.39. The van der Waals surface area contributed by atoms with Crippen molar-refractivity contribution in [3.63, 3.8) is 0 Å². The third-order valence-electron chi connectivity index (χ3n) is 7.88. The highest BCUT2D eigenvalue weighted by molar-refractivity contribution is 7.22. The summed E-state index contributed by atoms with van der Waals surface area (Å²) in [5.41, 5.74) is 8.40. The Morgan fingerprint density at radius 3 is 2.02 bits per heavy atom. The molecule has 3 heterocycles. The molecule has 0 radical (unpaired) electrons. The van der Waals surface area contributed by atoms with Crippen LogP contribution in [-0.2, 0) is 0 Å². The lowest BCUT2D eigenvalue weighted by Gasteiger charge is -2.25. The number of hydrogen-bond acceptors (Lipinski definition) is 5. The molecule has 198 valence electrons. The molecule has 0 saturated carbocycles. The summed E-state index contributed by atoms with van der Waals surface area (Å²) >= 11 is 1.71. The van der Waals surface area contributed by atoms with Crippen LogP contribution in [0.2, 0.25) is 0 Å². The first-order valence-electron chi connectivity index (χ1n) is 13.9. The van der Waals surface area contributed by atoms with E-state index < -0.39 is 0 Å². The molecule has 9 rings (SSSR count). The lowest BCUT2D eigenvalue weighted by molar-refractivity contribution is 0.667. The van der Waals surface area contributed by atoms with Gasteiger partial charge in [-0.25, -0.2) is 4.98 Å². The lowest BCUT2D eigenvalue weighted by atomic mass is 10.1. The van der Waals surface area contributed by atoms with Gasteiger partial charge in [0.05, 0.1) is 21.6 Å². The van der Waals surface area contributed by atoms with Crippen LogP contribution in [0.1, 0.15) is 0 Å². The minimum absolute atomic E-state index is 0.834. The number of benzene rings is 6. The molecular weight excluding hydrogens is 536 g/mol. The zero-order valence-electron chi connectivity index (χ0n) is 22.3. The summed E-state index contributed by atoms with van der Waals surface area (Å²) in [5, 5.41) is 5.37. The Bertz CT molecular complexity index is 2420. The Morgan fingerprint density at radius 1 is 0.548 bits per heavy atom. The van der Waals surface area contributed by atoms with Crippen LogP contribution in [0.4, 0.5) is 17.1 Å². The van der Waals surface area contributed by atoms with Crippen molar-refractivity contribution in [2.45, 2.75) is 0 Å². The first kappa shape index (κ1) is 23.3. The van der Waals surface area contributed by atoms with Crippen LogP contribution < -0.4 is 4.90 Å². The number of nitrogens with zero attached hydrogens (tertiary/aromatic N) is 2. The van der Waals surface area contributed by atoms with Gasteiger partial charge < -0.3 is 13.7 Å². The standard InChI is InChI=1S/C37H22N2O2S/c1-3-11-23(12-4-1)37-38-29-22-30(35-34(36(29)42-37)28-16-8-10-18-32(28)41-35)39(24-13-5-2-6-14-24)25-19-20-27-26-15-7-9-17-31(26)40-33(27)21-25/h1-22H. The smallest absolute Gasteiger partial charge is 0.160 e. The third-order valence-corrected chi connectivity index (χ3v) is 9.02. The first-order chi connectivity index (χ1) is 20.8. The quantitative estimate of drug-likeness (QED) is 0.215. The van der Waals surface area contributed by atoms with E-state index in [9.17, 15) is 0 Å². The van der Waals surface area contributed by atoms with E-state index >= 15 is 0 Å². The molecule has 0 unspecified atom stereocenters. The molecule has 0 atom stereocenters. The highest BCUT2D eigenvalue weighted by Gasteiger charge is 2.24. The maximum absolute atomic E-state index is 6.68. The maximum Gasteiger partial charge on any atom is 0.160 e. The molecule has 0 aliphatic heterocycles. The zero-order chi connectivity index (χ0) is 27.6. The number of thiazole rings is 1. The van der Waals surface area contributed by atoms with E-state index in [4.69, 9.17) is 13.8 Å². The maximum atomic E-state index is 6.68. The highest BCUT2D eigenvalue weighted by Crippen LogP contribution is 2.48. The number of para-hydroxylation sites is 3. The van der Waals surface area contributed by atoms with Crippen molar-refractivity contribution in [1.29, 1.82) is 0 Å². The van der Waals surface area contributed by atoms with Gasteiger partial charge in [-0.2, -0.15) is 0 Å². The fraction of sp³-hybridized carbons (Fsp3) is 0. The van der Waals surface area contributed by atoms with Crippen LogP contribution in [0.15, 0.2) is 142 Å². The fourth-order valence-corrected chi connectivity index (χ4v) is 7.09. The average molecular weight is 559 g/mol. The molecule has 0 fully saturated rings. The predicted molar refractivity (Wildman–Crippen MR) is 174 cm³/mol. The lowest BCUT2D eigenvalue weighted by Crippen LogP contribution is -2.10. The Kier molecular flexibility index (Phi) is 5.03. The summed E-state index contributed by atoms with van der Waals surface area (Å²) < 4.78 is 14.1. The van der Waals surface area contributed by atoms with Gasteiger partial charge in [0.2, 0.25) is 0 Å². The van der Waals surface area contributed by atoms with Gasteiger partial charge in [-0.3, -0.25) is 0 Å². The molecule has 6 aromatic carbocycles. The molecule has 0 bridgehead atoms. The average Bonchev–Trinajstić information content (AvgIpc) is 3.75. The van der Waals surface area contributed by atoms with Crippen molar-refractivity contribution in [1.82, 2.24) is 4.98 Å². The summed E-state index contributed by atoms with van der Waals surface area (Å²) in [7, 11) is 0. The Balaban J connectivity index is 1.36. The van der Waals surface area contributed by atoms with Crippen LogP contribution in [0, 0.1) is 0 Å². The first-order valence-corrected chi connectivity index (χ1v) is 14.7. The van der Waals surface area contributed by atoms with E-state index in [-0.39, 0.29) is 0 Å². The van der Waals surface area contributed by atoms with Crippen molar-refractivity contribution < 1.29 is 8.83 Å². The van der Waals surface area contributed by atoms with E-state index in [1.165, 1.54) is 0 Å². The van der Waals surface area contributed by atoms with Crippen molar-refractivity contribution >= 4 is 82.5 Å². The predicted octanol–water partition coefficient (Wildman–Crippen LogP) is 11.2. The molecule has 0 spiro atoms. The number of hydrogen-bond donors (Lipinski definition) is 0. The molecule has 0 aliphatic rings. The van der Waals surface area contributed by atoms with E-state index in [1.807, 2.05) is 42.5 Å². The molecule has 42 heavy (non-hydrogen) atoms. The number of aromatic nitrogens is 1. The van der Waals surface area contributed by atoms with E-state index in [2.05, 4.69) is 95.9 Å². The van der Waals surface area contributed by atoms with Crippen LogP contribution in [0.5, 0.6) is 0 Å². The summed E-state index contributed by atoms with van der Waals surface area (Å²) in [6.07, 6.45) is 0. The van der Waals surface area contributed by atoms with Crippen LogP contribution in [0.25, 0.3) is 64.7 Å². The van der Waals surface area contributed by atoms with E-state index in [1.54, 1.807) is 11.3 Å². The number of furan rings is 2. The summed E-state index contributed by atoms with van der Waals surface area (Å²) in [6.45, 7) is 0. The molecule has 3 aromatic heterocycles. The molecule has 5 heteroatoms. The topological polar surface area (TPSA) is 42.4 Å².